The molecule has 0 amide bonds. The van der Waals surface area contributed by atoms with Crippen LogP contribution in [0.3, 0.4) is 0 Å². The monoisotopic (exact) mass is 462 g/mol. The van der Waals surface area contributed by atoms with Gasteiger partial charge in [0, 0.05) is 24.3 Å². The molecule has 0 atom stereocenters. The van der Waals surface area contributed by atoms with Crippen LogP contribution in [0.25, 0.3) is 0 Å². The summed E-state index contributed by atoms with van der Waals surface area (Å²) in [6, 6.07) is 13.2. The summed E-state index contributed by atoms with van der Waals surface area (Å²) in [5.41, 5.74) is -5.22. The van der Waals surface area contributed by atoms with E-state index in [4.69, 9.17) is 28.4 Å². The molecule has 0 aliphatic rings. The van der Waals surface area contributed by atoms with Crippen molar-refractivity contribution in [1.29, 1.82) is 21.0 Å². The summed E-state index contributed by atoms with van der Waals surface area (Å²) in [7, 11) is 8.08. The quantitative estimate of drug-likeness (QED) is 0.544. The van der Waals surface area contributed by atoms with Crippen LogP contribution in [0.2, 0.25) is 0 Å². The van der Waals surface area contributed by atoms with Gasteiger partial charge in [0.25, 0.3) is 0 Å². The highest BCUT2D eigenvalue weighted by molar-refractivity contribution is 5.71. The molecule has 0 aliphatic heterocycles. The van der Waals surface area contributed by atoms with E-state index in [0.29, 0.717) is 11.5 Å². The third-order valence-corrected chi connectivity index (χ3v) is 5.41. The Labute approximate surface area is 197 Å². The van der Waals surface area contributed by atoms with Crippen LogP contribution in [0.15, 0.2) is 24.3 Å². The Morgan fingerprint density at radius 3 is 0.853 bits per heavy atom. The molecule has 0 saturated carbocycles. The van der Waals surface area contributed by atoms with Crippen molar-refractivity contribution in [3.63, 3.8) is 0 Å². The predicted molar refractivity (Wildman–Crippen MR) is 118 cm³/mol. The zero-order valence-corrected chi connectivity index (χ0v) is 19.5. The molecule has 0 saturated heterocycles. The summed E-state index contributed by atoms with van der Waals surface area (Å²) < 4.78 is 32.3. The van der Waals surface area contributed by atoms with Crippen molar-refractivity contribution in [2.24, 2.45) is 0 Å². The molecule has 34 heavy (non-hydrogen) atoms. The number of methoxy groups -OCH3 is 6. The number of nitriles is 4. The third-order valence-electron chi connectivity index (χ3n) is 5.41. The molecule has 0 spiro atoms. The second-order valence-corrected chi connectivity index (χ2v) is 6.76. The fraction of sp³-hybridized carbons (Fsp3) is 0.333. The molecule has 0 N–H and O–H groups in total. The van der Waals surface area contributed by atoms with E-state index < -0.39 is 10.8 Å². The molecule has 10 nitrogen and oxygen atoms in total. The first kappa shape index (κ1) is 25.5. The number of hydrogen-bond donors (Lipinski definition) is 0. The van der Waals surface area contributed by atoms with E-state index in [2.05, 4.69) is 0 Å². The van der Waals surface area contributed by atoms with Crippen LogP contribution in [0.5, 0.6) is 34.5 Å². The second kappa shape index (κ2) is 10.2. The van der Waals surface area contributed by atoms with Gasteiger partial charge in [-0.25, -0.2) is 0 Å². The van der Waals surface area contributed by atoms with Gasteiger partial charge in [-0.2, -0.15) is 21.0 Å². The van der Waals surface area contributed by atoms with Crippen molar-refractivity contribution in [2.45, 2.75) is 10.8 Å². The highest BCUT2D eigenvalue weighted by Gasteiger charge is 2.62. The fourth-order valence-electron chi connectivity index (χ4n) is 3.73. The Hall–Kier alpha value is -4.80. The van der Waals surface area contributed by atoms with Crippen LogP contribution in [-0.2, 0) is 10.8 Å². The van der Waals surface area contributed by atoms with Crippen LogP contribution in [0, 0.1) is 45.3 Å². The Morgan fingerprint density at radius 1 is 0.471 bits per heavy atom. The van der Waals surface area contributed by atoms with Gasteiger partial charge < -0.3 is 28.4 Å². The molecule has 0 radical (unpaired) electrons. The summed E-state index contributed by atoms with van der Waals surface area (Å²) in [6.07, 6.45) is 0. The van der Waals surface area contributed by atoms with Gasteiger partial charge in [0.2, 0.25) is 10.8 Å². The van der Waals surface area contributed by atoms with Crippen LogP contribution in [0.4, 0.5) is 0 Å². The average Bonchev–Trinajstić information content (AvgIpc) is 2.90. The lowest BCUT2D eigenvalue weighted by Gasteiger charge is -2.35. The van der Waals surface area contributed by atoms with Crippen molar-refractivity contribution in [3.05, 3.63) is 35.4 Å². The number of benzene rings is 2. The van der Waals surface area contributed by atoms with Crippen LogP contribution in [-0.4, -0.2) is 42.7 Å². The van der Waals surface area contributed by atoms with E-state index in [1.54, 1.807) is 0 Å². The van der Waals surface area contributed by atoms with Crippen LogP contribution < -0.4 is 28.4 Å². The second-order valence-electron chi connectivity index (χ2n) is 6.76. The lowest BCUT2D eigenvalue weighted by Crippen LogP contribution is -2.46. The van der Waals surface area contributed by atoms with Crippen molar-refractivity contribution < 1.29 is 28.4 Å². The minimum atomic E-state index is -2.48. The predicted octanol–water partition coefficient (Wildman–Crippen LogP) is 3.01. The first-order valence-corrected chi connectivity index (χ1v) is 9.63. The summed E-state index contributed by atoms with van der Waals surface area (Å²) in [4.78, 5) is 0. The summed E-state index contributed by atoms with van der Waals surface area (Å²) in [5, 5.41) is 41.8. The van der Waals surface area contributed by atoms with Crippen LogP contribution in [0.1, 0.15) is 11.1 Å². The molecule has 2 aromatic rings. The minimum absolute atomic E-state index is 0.000574. The van der Waals surface area contributed by atoms with Gasteiger partial charge in [-0.15, -0.1) is 0 Å². The first-order chi connectivity index (χ1) is 16.4. The number of ether oxygens (including phenoxy) is 6. The molecular weight excluding hydrogens is 440 g/mol. The first-order valence-electron chi connectivity index (χ1n) is 9.63. The van der Waals surface area contributed by atoms with Gasteiger partial charge in [0.15, 0.2) is 0 Å². The summed E-state index contributed by atoms with van der Waals surface area (Å²) >= 11 is 0. The SMILES string of the molecule is COc1cc(OC)c(C(C#N)(C#N)C(C#N)(C#N)c2c(OC)cc(OC)cc2OC)c(OC)c1. The standard InChI is InChI=1S/C24H22N4O6/c1-29-15-7-17(31-3)21(18(8-15)32-4)23(11-25,12-26)24(13-27,14-28)22-19(33-5)9-16(30-2)10-20(22)34-6/h7-10H,1-6H3. The topological polar surface area (TPSA) is 151 Å². The van der Waals surface area contributed by atoms with Gasteiger partial charge in [0.1, 0.15) is 34.5 Å². The fourth-order valence-corrected chi connectivity index (χ4v) is 3.73. The maximum Gasteiger partial charge on any atom is 0.211 e. The van der Waals surface area contributed by atoms with E-state index in [1.165, 1.54) is 66.9 Å². The molecule has 0 heterocycles. The molecule has 0 fully saturated rings. The molecular formula is C24H22N4O6. The normalized spacial score (nSPS) is 10.5. The Balaban J connectivity index is 3.20. The Bertz CT molecular complexity index is 1070. The highest BCUT2D eigenvalue weighted by Crippen LogP contribution is 2.55. The third kappa shape index (κ3) is 3.58. The van der Waals surface area contributed by atoms with E-state index in [-0.39, 0.29) is 34.1 Å². The Kier molecular flexibility index (Phi) is 7.65. The van der Waals surface area contributed by atoms with Gasteiger partial charge >= 0.3 is 0 Å². The summed E-state index contributed by atoms with van der Waals surface area (Å²) in [6.45, 7) is 0. The Morgan fingerprint density at radius 2 is 0.706 bits per heavy atom. The molecule has 0 bridgehead atoms. The maximum atomic E-state index is 10.5. The minimum Gasteiger partial charge on any atom is -0.496 e. The van der Waals surface area contributed by atoms with Gasteiger partial charge in [-0.3, -0.25) is 0 Å². The van der Waals surface area contributed by atoms with Gasteiger partial charge in [-0.1, -0.05) is 0 Å². The zero-order valence-electron chi connectivity index (χ0n) is 19.5. The molecule has 10 heteroatoms. The molecule has 174 valence electrons. The molecule has 2 rings (SSSR count). The van der Waals surface area contributed by atoms with E-state index in [0.717, 1.165) is 0 Å². The van der Waals surface area contributed by atoms with E-state index >= 15 is 0 Å². The maximum absolute atomic E-state index is 10.5. The number of rotatable bonds is 9. The van der Waals surface area contributed by atoms with Crippen molar-refractivity contribution in [3.8, 4) is 58.8 Å². The van der Waals surface area contributed by atoms with E-state index in [1.807, 2.05) is 24.3 Å². The van der Waals surface area contributed by atoms with Crippen LogP contribution >= 0.6 is 0 Å². The number of nitrogens with zero attached hydrogens (tertiary/aromatic N) is 4. The highest BCUT2D eigenvalue weighted by atomic mass is 16.5. The van der Waals surface area contributed by atoms with Crippen molar-refractivity contribution >= 4 is 0 Å². The lowest BCUT2D eigenvalue weighted by atomic mass is 9.58. The van der Waals surface area contributed by atoms with E-state index in [9.17, 15) is 21.0 Å². The largest absolute Gasteiger partial charge is 0.496 e. The smallest absolute Gasteiger partial charge is 0.211 e. The van der Waals surface area contributed by atoms with Gasteiger partial charge in [-0.05, 0) is 0 Å². The van der Waals surface area contributed by atoms with Gasteiger partial charge in [0.05, 0.1) is 78.1 Å². The molecule has 2 aromatic carbocycles. The number of hydrogen-bond acceptors (Lipinski definition) is 10. The molecule has 0 unspecified atom stereocenters. The summed E-state index contributed by atoms with van der Waals surface area (Å²) in [5.74, 6) is 0.616. The van der Waals surface area contributed by atoms with Crippen molar-refractivity contribution in [2.75, 3.05) is 42.7 Å². The zero-order chi connectivity index (χ0) is 25.5. The van der Waals surface area contributed by atoms with Crippen molar-refractivity contribution in [1.82, 2.24) is 0 Å². The molecule has 0 aliphatic carbocycles. The lowest BCUT2D eigenvalue weighted by molar-refractivity contribution is 0.339. The molecule has 0 aromatic heterocycles. The average molecular weight is 462 g/mol.